The summed E-state index contributed by atoms with van der Waals surface area (Å²) in [5.74, 6) is 1.78. The monoisotopic (exact) mass is 388 g/mol. The van der Waals surface area contributed by atoms with Gasteiger partial charge in [0.25, 0.3) is 0 Å². The van der Waals surface area contributed by atoms with Crippen molar-refractivity contribution in [1.29, 1.82) is 0 Å². The van der Waals surface area contributed by atoms with Gasteiger partial charge in [-0.1, -0.05) is 11.8 Å². The van der Waals surface area contributed by atoms with Crippen LogP contribution in [-0.2, 0) is 4.79 Å². The van der Waals surface area contributed by atoms with Crippen molar-refractivity contribution in [1.82, 2.24) is 9.97 Å². The van der Waals surface area contributed by atoms with Crippen LogP contribution in [-0.4, -0.2) is 28.4 Å². The number of amides is 1. The minimum absolute atomic E-state index is 0.158. The number of benzene rings is 1. The highest BCUT2D eigenvalue weighted by Gasteiger charge is 2.16. The summed E-state index contributed by atoms with van der Waals surface area (Å²) in [5.41, 5.74) is 7.83. The summed E-state index contributed by atoms with van der Waals surface area (Å²) >= 11 is 2.84. The van der Waals surface area contributed by atoms with Crippen LogP contribution in [0.1, 0.15) is 10.4 Å². The van der Waals surface area contributed by atoms with Crippen molar-refractivity contribution in [2.24, 2.45) is 0 Å². The Balaban J connectivity index is 1.43. The first kappa shape index (κ1) is 16.9. The van der Waals surface area contributed by atoms with Gasteiger partial charge in [-0.05, 0) is 31.5 Å². The van der Waals surface area contributed by atoms with E-state index in [1.54, 1.807) is 29.5 Å². The summed E-state index contributed by atoms with van der Waals surface area (Å²) in [7, 11) is 0. The van der Waals surface area contributed by atoms with Gasteiger partial charge < -0.3 is 20.5 Å². The molecule has 3 heterocycles. The maximum atomic E-state index is 12.2. The zero-order valence-corrected chi connectivity index (χ0v) is 15.8. The second-order valence-corrected chi connectivity index (χ2v) is 7.91. The molecule has 3 N–H and O–H groups in total. The molecule has 0 spiro atoms. The van der Waals surface area contributed by atoms with E-state index in [0.29, 0.717) is 28.2 Å². The Hall–Kier alpha value is -2.52. The van der Waals surface area contributed by atoms with Gasteiger partial charge in [-0.3, -0.25) is 4.79 Å². The average molecular weight is 388 g/mol. The van der Waals surface area contributed by atoms with Gasteiger partial charge >= 0.3 is 0 Å². The van der Waals surface area contributed by atoms with Crippen molar-refractivity contribution in [2.45, 2.75) is 19.0 Å². The molecule has 9 heteroatoms. The highest BCUT2D eigenvalue weighted by atomic mass is 32.2. The number of nitrogens with one attached hydrogen (secondary N) is 1. The molecule has 1 aromatic carbocycles. The predicted molar refractivity (Wildman–Crippen MR) is 103 cm³/mol. The number of hydrogen-bond acceptors (Lipinski definition) is 8. The first-order valence-corrected chi connectivity index (χ1v) is 9.67. The van der Waals surface area contributed by atoms with E-state index in [9.17, 15) is 4.79 Å². The molecule has 1 aliphatic rings. The second-order valence-electron chi connectivity index (χ2n) is 5.76. The van der Waals surface area contributed by atoms with Gasteiger partial charge in [-0.15, -0.1) is 11.3 Å². The molecule has 0 aliphatic carbocycles. The van der Waals surface area contributed by atoms with E-state index >= 15 is 0 Å². The summed E-state index contributed by atoms with van der Waals surface area (Å²) in [5, 5.41) is 4.23. The molecule has 1 aliphatic heterocycles. The number of nitrogens with two attached hydrogens (primary N) is 1. The number of carbonyl (C=O) groups is 1. The molecule has 0 fully saturated rings. The van der Waals surface area contributed by atoms with Gasteiger partial charge in [-0.2, -0.15) is 0 Å². The van der Waals surface area contributed by atoms with E-state index < -0.39 is 0 Å². The Morgan fingerprint density at radius 3 is 2.96 bits per heavy atom. The summed E-state index contributed by atoms with van der Waals surface area (Å²) in [6, 6.07) is 5.28. The molecule has 0 radical (unpaired) electrons. The van der Waals surface area contributed by atoms with Crippen LogP contribution in [0.4, 0.5) is 11.5 Å². The number of carbonyl (C=O) groups excluding carboxylic acids is 1. The van der Waals surface area contributed by atoms with Crippen LogP contribution in [0.25, 0.3) is 10.2 Å². The number of aromatic nitrogens is 2. The fourth-order valence-corrected chi connectivity index (χ4v) is 4.37. The number of aryl methyl sites for hydroxylation is 2. The third-order valence-electron chi connectivity index (χ3n) is 4.02. The molecule has 1 amide bonds. The molecule has 0 saturated heterocycles. The molecule has 4 rings (SSSR count). The van der Waals surface area contributed by atoms with Crippen molar-refractivity contribution in [2.75, 3.05) is 23.6 Å². The normalized spacial score (nSPS) is 12.5. The number of nitrogens with zero attached hydrogens (tertiary/aromatic N) is 2. The minimum Gasteiger partial charge on any atom is -0.454 e. The number of fused-ring (bicyclic) bond motifs is 2. The van der Waals surface area contributed by atoms with Crippen LogP contribution in [0, 0.1) is 13.8 Å². The molecule has 0 atom stereocenters. The van der Waals surface area contributed by atoms with Gasteiger partial charge in [0.05, 0.1) is 11.1 Å². The summed E-state index contributed by atoms with van der Waals surface area (Å²) < 4.78 is 10.6. The van der Waals surface area contributed by atoms with Crippen LogP contribution in [0.3, 0.4) is 0 Å². The fourth-order valence-electron chi connectivity index (χ4n) is 2.63. The van der Waals surface area contributed by atoms with Gasteiger partial charge in [0.1, 0.15) is 10.6 Å². The quantitative estimate of drug-likeness (QED) is 0.522. The van der Waals surface area contributed by atoms with E-state index in [2.05, 4.69) is 15.3 Å². The second kappa shape index (κ2) is 6.65. The lowest BCUT2D eigenvalue weighted by molar-refractivity contribution is -0.113. The van der Waals surface area contributed by atoms with Crippen LogP contribution in [0.5, 0.6) is 11.5 Å². The molecule has 26 heavy (non-hydrogen) atoms. The van der Waals surface area contributed by atoms with Crippen molar-refractivity contribution >= 4 is 50.7 Å². The van der Waals surface area contributed by atoms with E-state index in [1.807, 2.05) is 13.8 Å². The zero-order valence-electron chi connectivity index (χ0n) is 14.2. The first-order valence-electron chi connectivity index (χ1n) is 7.87. The number of thioether (sulfide) groups is 1. The topological polar surface area (TPSA) is 99.4 Å². The van der Waals surface area contributed by atoms with Gasteiger partial charge in [0, 0.05) is 16.6 Å². The molecule has 0 bridgehead atoms. The van der Waals surface area contributed by atoms with Crippen molar-refractivity contribution in [3.05, 3.63) is 28.6 Å². The van der Waals surface area contributed by atoms with Crippen LogP contribution >= 0.6 is 23.1 Å². The van der Waals surface area contributed by atoms with Crippen molar-refractivity contribution < 1.29 is 14.3 Å². The predicted octanol–water partition coefficient (Wildman–Crippen LogP) is 3.35. The first-order chi connectivity index (χ1) is 12.5. The fraction of sp³-hybridized carbons (Fsp3) is 0.235. The summed E-state index contributed by atoms with van der Waals surface area (Å²) in [6.45, 7) is 4.25. The number of hydrogen-bond donors (Lipinski definition) is 2. The van der Waals surface area contributed by atoms with Crippen molar-refractivity contribution in [3.8, 4) is 11.5 Å². The van der Waals surface area contributed by atoms with E-state index in [-0.39, 0.29) is 18.5 Å². The Bertz CT molecular complexity index is 1020. The van der Waals surface area contributed by atoms with E-state index in [4.69, 9.17) is 15.2 Å². The molecule has 7 nitrogen and oxygen atoms in total. The third-order valence-corrected chi connectivity index (χ3v) is 5.97. The Labute approximate surface area is 157 Å². The zero-order chi connectivity index (χ0) is 18.3. The number of rotatable bonds is 4. The summed E-state index contributed by atoms with van der Waals surface area (Å²) in [4.78, 5) is 23.1. The highest BCUT2D eigenvalue weighted by Crippen LogP contribution is 2.35. The minimum atomic E-state index is -0.158. The van der Waals surface area contributed by atoms with E-state index in [1.165, 1.54) is 16.6 Å². The third kappa shape index (κ3) is 3.15. The molecule has 134 valence electrons. The molecule has 0 unspecified atom stereocenters. The smallest absolute Gasteiger partial charge is 0.234 e. The Kier molecular flexibility index (Phi) is 4.33. The molecule has 0 saturated carbocycles. The molecule has 3 aromatic rings. The Morgan fingerprint density at radius 2 is 2.12 bits per heavy atom. The number of anilines is 2. The lowest BCUT2D eigenvalue weighted by atomic mass is 10.2. The van der Waals surface area contributed by atoms with Crippen LogP contribution < -0.4 is 20.5 Å². The van der Waals surface area contributed by atoms with Gasteiger partial charge in [-0.25, -0.2) is 9.97 Å². The maximum Gasteiger partial charge on any atom is 0.234 e. The highest BCUT2D eigenvalue weighted by molar-refractivity contribution is 7.99. The lowest BCUT2D eigenvalue weighted by Gasteiger charge is -2.06. The SMILES string of the molecule is Cc1sc2nc(SCC(=O)Nc3ccc4c(c3)OCO4)nc(N)c2c1C. The standard InChI is InChI=1S/C17H16N4O3S2/c1-8-9(2)26-16-14(8)15(18)20-17(21-16)25-6-13(22)19-10-3-4-11-12(5-10)24-7-23-11/h3-5H,6-7H2,1-2H3,(H,19,22)(H2,18,20,21). The average Bonchev–Trinajstić information content (AvgIpc) is 3.17. The summed E-state index contributed by atoms with van der Waals surface area (Å²) in [6.07, 6.45) is 0. The largest absolute Gasteiger partial charge is 0.454 e. The number of nitrogen functional groups attached to an aromatic ring is 1. The number of thiophene rings is 1. The van der Waals surface area contributed by atoms with Crippen LogP contribution in [0.2, 0.25) is 0 Å². The van der Waals surface area contributed by atoms with Crippen molar-refractivity contribution in [3.63, 3.8) is 0 Å². The van der Waals surface area contributed by atoms with Gasteiger partial charge in [0.15, 0.2) is 16.7 Å². The molecular formula is C17H16N4O3S2. The number of ether oxygens (including phenoxy) is 2. The molecular weight excluding hydrogens is 372 g/mol. The molecule has 2 aromatic heterocycles. The lowest BCUT2D eigenvalue weighted by Crippen LogP contribution is -2.14. The Morgan fingerprint density at radius 1 is 1.31 bits per heavy atom. The van der Waals surface area contributed by atoms with Crippen LogP contribution in [0.15, 0.2) is 23.4 Å². The van der Waals surface area contributed by atoms with E-state index in [0.717, 1.165) is 15.8 Å². The van der Waals surface area contributed by atoms with Gasteiger partial charge in [0.2, 0.25) is 12.7 Å². The maximum absolute atomic E-state index is 12.2.